The van der Waals surface area contributed by atoms with Crippen LogP contribution in [-0.4, -0.2) is 10.2 Å². The monoisotopic (exact) mass is 270 g/mol. The Morgan fingerprint density at radius 2 is 1.85 bits per heavy atom. The molecule has 0 saturated heterocycles. The maximum atomic E-state index is 12.8. The van der Waals surface area contributed by atoms with Crippen LogP contribution in [0.1, 0.15) is 5.56 Å². The Kier molecular flexibility index (Phi) is 3.41. The molecule has 0 N–H and O–H groups in total. The third-order valence-electron chi connectivity index (χ3n) is 2.79. The first-order valence-corrected chi connectivity index (χ1v) is 6.06. The van der Waals surface area contributed by atoms with Gasteiger partial charge in [0, 0.05) is 0 Å². The van der Waals surface area contributed by atoms with Crippen molar-refractivity contribution in [3.8, 4) is 17.2 Å². The molecule has 0 bridgehead atoms. The Bertz CT molecular complexity index is 681. The fraction of sp³-hybridized carbons (Fsp3) is 0.0667. The first-order valence-electron chi connectivity index (χ1n) is 6.06. The van der Waals surface area contributed by atoms with Crippen LogP contribution in [0.25, 0.3) is 11.5 Å². The van der Waals surface area contributed by atoms with E-state index in [0.29, 0.717) is 18.2 Å². The second-order valence-electron chi connectivity index (χ2n) is 4.16. The maximum Gasteiger partial charge on any atom is 0.251 e. The molecule has 0 aliphatic heterocycles. The van der Waals surface area contributed by atoms with Crippen molar-refractivity contribution in [3.05, 3.63) is 66.3 Å². The molecule has 0 spiro atoms. The highest BCUT2D eigenvalue weighted by molar-refractivity contribution is 5.62. The van der Waals surface area contributed by atoms with Crippen molar-refractivity contribution in [2.45, 2.75) is 6.61 Å². The van der Waals surface area contributed by atoms with Gasteiger partial charge in [-0.1, -0.05) is 24.3 Å². The Morgan fingerprint density at radius 3 is 2.60 bits per heavy atom. The molecule has 1 aromatic heterocycles. The van der Waals surface area contributed by atoms with Crippen LogP contribution >= 0.6 is 0 Å². The Morgan fingerprint density at radius 1 is 1.05 bits per heavy atom. The zero-order valence-electron chi connectivity index (χ0n) is 10.5. The molecular weight excluding hydrogens is 259 g/mol. The lowest BCUT2D eigenvalue weighted by Crippen LogP contribution is -1.97. The van der Waals surface area contributed by atoms with E-state index in [1.54, 1.807) is 12.1 Å². The van der Waals surface area contributed by atoms with E-state index in [2.05, 4.69) is 10.2 Å². The summed E-state index contributed by atoms with van der Waals surface area (Å²) in [6.07, 6.45) is 1.27. The molecule has 0 aliphatic carbocycles. The number of hydrogen-bond donors (Lipinski definition) is 0. The molecule has 5 heteroatoms. The van der Waals surface area contributed by atoms with Crippen molar-refractivity contribution in [1.82, 2.24) is 10.2 Å². The first kappa shape index (κ1) is 12.3. The lowest BCUT2D eigenvalue weighted by Gasteiger charge is -2.09. The molecule has 4 nitrogen and oxygen atoms in total. The minimum Gasteiger partial charge on any atom is -0.488 e. The van der Waals surface area contributed by atoms with Crippen LogP contribution in [0.4, 0.5) is 4.39 Å². The summed E-state index contributed by atoms with van der Waals surface area (Å²) < 4.78 is 23.7. The molecule has 3 aromatic rings. The minimum absolute atomic E-state index is 0.264. The van der Waals surface area contributed by atoms with Gasteiger partial charge in [-0.15, -0.1) is 10.2 Å². The number of aromatic nitrogens is 2. The van der Waals surface area contributed by atoms with Gasteiger partial charge in [-0.05, 0) is 29.8 Å². The summed E-state index contributed by atoms with van der Waals surface area (Å²) in [6, 6.07) is 13.6. The molecule has 2 aromatic carbocycles. The Labute approximate surface area is 114 Å². The van der Waals surface area contributed by atoms with Crippen LogP contribution in [0.3, 0.4) is 0 Å². The smallest absolute Gasteiger partial charge is 0.251 e. The van der Waals surface area contributed by atoms with Gasteiger partial charge in [0.1, 0.15) is 18.2 Å². The molecule has 20 heavy (non-hydrogen) atoms. The van der Waals surface area contributed by atoms with Crippen molar-refractivity contribution in [3.63, 3.8) is 0 Å². The van der Waals surface area contributed by atoms with Crippen molar-refractivity contribution < 1.29 is 13.5 Å². The van der Waals surface area contributed by atoms with E-state index in [-0.39, 0.29) is 5.82 Å². The second kappa shape index (κ2) is 5.52. The maximum absolute atomic E-state index is 12.8. The van der Waals surface area contributed by atoms with Gasteiger partial charge in [0.25, 0.3) is 5.89 Å². The molecule has 0 saturated carbocycles. The van der Waals surface area contributed by atoms with Crippen molar-refractivity contribution >= 4 is 0 Å². The number of rotatable bonds is 4. The van der Waals surface area contributed by atoms with Crippen LogP contribution in [0.15, 0.2) is 59.3 Å². The zero-order valence-corrected chi connectivity index (χ0v) is 10.5. The summed E-state index contributed by atoms with van der Waals surface area (Å²) in [4.78, 5) is 0. The van der Waals surface area contributed by atoms with Crippen LogP contribution in [0, 0.1) is 5.82 Å². The molecule has 0 atom stereocenters. The van der Waals surface area contributed by atoms with Gasteiger partial charge < -0.3 is 9.15 Å². The summed E-state index contributed by atoms with van der Waals surface area (Å²) in [6.45, 7) is 0.339. The van der Waals surface area contributed by atoms with Gasteiger partial charge in [-0.25, -0.2) is 4.39 Å². The van der Waals surface area contributed by atoms with Gasteiger partial charge in [-0.3, -0.25) is 0 Å². The fourth-order valence-electron chi connectivity index (χ4n) is 1.80. The Hall–Kier alpha value is -2.69. The third-order valence-corrected chi connectivity index (χ3v) is 2.79. The number of benzene rings is 2. The van der Waals surface area contributed by atoms with Crippen LogP contribution in [0.5, 0.6) is 5.75 Å². The summed E-state index contributed by atoms with van der Waals surface area (Å²) in [7, 11) is 0. The van der Waals surface area contributed by atoms with Gasteiger partial charge in [0.05, 0.1) is 5.56 Å². The summed E-state index contributed by atoms with van der Waals surface area (Å²) >= 11 is 0. The number of ether oxygens (including phenoxy) is 1. The van der Waals surface area contributed by atoms with Gasteiger partial charge in [0.2, 0.25) is 6.39 Å². The highest BCUT2D eigenvalue weighted by atomic mass is 19.1. The topological polar surface area (TPSA) is 48.2 Å². The van der Waals surface area contributed by atoms with Crippen LogP contribution < -0.4 is 4.74 Å². The normalized spacial score (nSPS) is 10.4. The fourth-order valence-corrected chi connectivity index (χ4v) is 1.80. The number of para-hydroxylation sites is 1. The largest absolute Gasteiger partial charge is 0.488 e. The van der Waals surface area contributed by atoms with E-state index in [0.717, 1.165) is 11.1 Å². The van der Waals surface area contributed by atoms with Gasteiger partial charge >= 0.3 is 0 Å². The molecule has 100 valence electrons. The van der Waals surface area contributed by atoms with Gasteiger partial charge in [-0.2, -0.15) is 0 Å². The molecule has 3 rings (SSSR count). The van der Waals surface area contributed by atoms with E-state index >= 15 is 0 Å². The molecule has 0 radical (unpaired) electrons. The van der Waals surface area contributed by atoms with Crippen LogP contribution in [0.2, 0.25) is 0 Å². The number of nitrogens with zero attached hydrogens (tertiary/aromatic N) is 2. The molecular formula is C15H11FN2O2. The van der Waals surface area contributed by atoms with E-state index < -0.39 is 0 Å². The lowest BCUT2D eigenvalue weighted by molar-refractivity contribution is 0.306. The van der Waals surface area contributed by atoms with E-state index in [1.165, 1.54) is 18.5 Å². The molecule has 1 heterocycles. The van der Waals surface area contributed by atoms with Crippen LogP contribution in [-0.2, 0) is 6.61 Å². The molecule has 0 aliphatic rings. The summed E-state index contributed by atoms with van der Waals surface area (Å²) in [5.74, 6) is 0.779. The van der Waals surface area contributed by atoms with E-state index in [9.17, 15) is 4.39 Å². The predicted octanol–water partition coefficient (Wildman–Crippen LogP) is 3.45. The van der Waals surface area contributed by atoms with Gasteiger partial charge in [0.15, 0.2) is 0 Å². The first-order chi connectivity index (χ1) is 9.83. The summed E-state index contributed by atoms with van der Waals surface area (Å²) in [5.41, 5.74) is 1.61. The van der Waals surface area contributed by atoms with Crippen molar-refractivity contribution in [2.24, 2.45) is 0 Å². The lowest BCUT2D eigenvalue weighted by atomic mass is 10.2. The molecule has 0 unspecified atom stereocenters. The average molecular weight is 270 g/mol. The third kappa shape index (κ3) is 2.66. The second-order valence-corrected chi connectivity index (χ2v) is 4.16. The average Bonchev–Trinajstić information content (AvgIpc) is 3.01. The zero-order chi connectivity index (χ0) is 13.8. The Balaban J connectivity index is 1.79. The van der Waals surface area contributed by atoms with E-state index in [1.807, 2.05) is 24.3 Å². The highest BCUT2D eigenvalue weighted by Gasteiger charge is 2.10. The number of hydrogen-bond acceptors (Lipinski definition) is 4. The highest BCUT2D eigenvalue weighted by Crippen LogP contribution is 2.28. The van der Waals surface area contributed by atoms with Crippen molar-refractivity contribution in [2.75, 3.05) is 0 Å². The molecule has 0 amide bonds. The predicted molar refractivity (Wildman–Crippen MR) is 70.5 cm³/mol. The molecule has 0 fully saturated rings. The number of halogens is 1. The van der Waals surface area contributed by atoms with E-state index in [4.69, 9.17) is 9.15 Å². The quantitative estimate of drug-likeness (QED) is 0.728. The minimum atomic E-state index is -0.264. The standard InChI is InChI=1S/C15H11FN2O2/c16-12-7-5-11(6-8-12)9-19-14-4-2-1-3-13(14)15-18-17-10-20-15/h1-8,10H,9H2. The summed E-state index contributed by atoms with van der Waals surface area (Å²) in [5, 5.41) is 7.52. The SMILES string of the molecule is Fc1ccc(COc2ccccc2-c2nnco2)cc1. The van der Waals surface area contributed by atoms with Crippen molar-refractivity contribution in [1.29, 1.82) is 0 Å².